The number of fused-ring (bicyclic) bond motifs is 1. The molecule has 3 rings (SSSR count). The van der Waals surface area contributed by atoms with Crippen LogP contribution in [0.3, 0.4) is 0 Å². The zero-order valence-corrected chi connectivity index (χ0v) is 12.7. The van der Waals surface area contributed by atoms with Crippen LogP contribution in [0.4, 0.5) is 0 Å². The topological polar surface area (TPSA) is 35.5 Å². The maximum Gasteiger partial charge on any atom is 0.306 e. The lowest BCUT2D eigenvalue weighted by molar-refractivity contribution is -0.141. The molecule has 1 unspecified atom stereocenters. The molecule has 0 saturated carbocycles. The highest BCUT2D eigenvalue weighted by molar-refractivity contribution is 5.70. The molecule has 2 aromatic rings. The fraction of sp³-hybridized carbons (Fsp3) is 0.316. The number of esters is 1. The fourth-order valence-corrected chi connectivity index (χ4v) is 2.99. The molecule has 0 aromatic heterocycles. The SMILES string of the molecule is COC(=O)CC1CCc2ccc(OCc3ccccc3)cc21. The van der Waals surface area contributed by atoms with Crippen molar-refractivity contribution < 1.29 is 14.3 Å². The molecule has 114 valence electrons. The number of benzene rings is 2. The van der Waals surface area contributed by atoms with Gasteiger partial charge in [0.25, 0.3) is 0 Å². The molecule has 1 atom stereocenters. The number of carbonyl (C=O) groups is 1. The van der Waals surface area contributed by atoms with E-state index >= 15 is 0 Å². The Bertz CT molecular complexity index is 649. The largest absolute Gasteiger partial charge is 0.489 e. The van der Waals surface area contributed by atoms with Gasteiger partial charge in [-0.2, -0.15) is 0 Å². The number of hydrogen-bond donors (Lipinski definition) is 0. The van der Waals surface area contributed by atoms with E-state index in [1.54, 1.807) is 0 Å². The van der Waals surface area contributed by atoms with Gasteiger partial charge in [-0.15, -0.1) is 0 Å². The van der Waals surface area contributed by atoms with Gasteiger partial charge < -0.3 is 9.47 Å². The molecule has 0 amide bonds. The van der Waals surface area contributed by atoms with Crippen molar-refractivity contribution in [3.8, 4) is 5.75 Å². The maximum absolute atomic E-state index is 11.5. The second-order valence-corrected chi connectivity index (χ2v) is 5.65. The highest BCUT2D eigenvalue weighted by Gasteiger charge is 2.25. The summed E-state index contributed by atoms with van der Waals surface area (Å²) in [5.74, 6) is 0.968. The number of ether oxygens (including phenoxy) is 2. The molecule has 22 heavy (non-hydrogen) atoms. The van der Waals surface area contributed by atoms with Crippen molar-refractivity contribution in [2.75, 3.05) is 7.11 Å². The second-order valence-electron chi connectivity index (χ2n) is 5.65. The van der Waals surface area contributed by atoms with Gasteiger partial charge in [-0.1, -0.05) is 36.4 Å². The van der Waals surface area contributed by atoms with E-state index in [9.17, 15) is 4.79 Å². The average molecular weight is 296 g/mol. The van der Waals surface area contributed by atoms with Gasteiger partial charge in [-0.3, -0.25) is 4.79 Å². The predicted octanol–water partition coefficient (Wildman–Crippen LogP) is 3.86. The van der Waals surface area contributed by atoms with E-state index in [2.05, 4.69) is 12.1 Å². The van der Waals surface area contributed by atoms with Gasteiger partial charge in [0.05, 0.1) is 13.5 Å². The molecule has 0 heterocycles. The first-order chi connectivity index (χ1) is 10.8. The van der Waals surface area contributed by atoms with Crippen molar-refractivity contribution >= 4 is 5.97 Å². The van der Waals surface area contributed by atoms with Gasteiger partial charge in [0, 0.05) is 0 Å². The van der Waals surface area contributed by atoms with Crippen molar-refractivity contribution in [1.82, 2.24) is 0 Å². The summed E-state index contributed by atoms with van der Waals surface area (Å²) in [5.41, 5.74) is 3.70. The molecule has 2 aromatic carbocycles. The summed E-state index contributed by atoms with van der Waals surface area (Å²) in [6, 6.07) is 16.3. The Labute approximate surface area is 130 Å². The van der Waals surface area contributed by atoms with E-state index in [-0.39, 0.29) is 11.9 Å². The summed E-state index contributed by atoms with van der Waals surface area (Å²) in [6.45, 7) is 0.557. The van der Waals surface area contributed by atoms with Crippen LogP contribution in [-0.4, -0.2) is 13.1 Å². The van der Waals surface area contributed by atoms with Crippen molar-refractivity contribution in [3.05, 3.63) is 65.2 Å². The van der Waals surface area contributed by atoms with Gasteiger partial charge in [-0.25, -0.2) is 0 Å². The van der Waals surface area contributed by atoms with Gasteiger partial charge in [0.1, 0.15) is 12.4 Å². The molecule has 1 aliphatic rings. The minimum absolute atomic E-state index is 0.145. The Balaban J connectivity index is 1.70. The molecule has 0 aliphatic heterocycles. The number of carbonyl (C=O) groups excluding carboxylic acids is 1. The zero-order chi connectivity index (χ0) is 15.4. The van der Waals surface area contributed by atoms with E-state index < -0.39 is 0 Å². The van der Waals surface area contributed by atoms with E-state index in [1.165, 1.54) is 18.2 Å². The second kappa shape index (κ2) is 6.65. The van der Waals surface area contributed by atoms with Crippen molar-refractivity contribution in [1.29, 1.82) is 0 Å². The lowest BCUT2D eigenvalue weighted by Gasteiger charge is -2.12. The van der Waals surface area contributed by atoms with Crippen LogP contribution in [0.2, 0.25) is 0 Å². The third-order valence-electron chi connectivity index (χ3n) is 4.21. The molecule has 3 nitrogen and oxygen atoms in total. The molecule has 1 aliphatic carbocycles. The lowest BCUT2D eigenvalue weighted by Crippen LogP contribution is -2.06. The Morgan fingerprint density at radius 1 is 1.18 bits per heavy atom. The van der Waals surface area contributed by atoms with Crippen LogP contribution in [-0.2, 0) is 22.6 Å². The summed E-state index contributed by atoms with van der Waals surface area (Å²) in [5, 5.41) is 0. The summed E-state index contributed by atoms with van der Waals surface area (Å²) in [7, 11) is 1.44. The minimum Gasteiger partial charge on any atom is -0.489 e. The number of methoxy groups -OCH3 is 1. The monoisotopic (exact) mass is 296 g/mol. The number of rotatable bonds is 5. The standard InChI is InChI=1S/C19H20O3/c1-21-19(20)11-16-8-7-15-9-10-17(12-18(15)16)22-13-14-5-3-2-4-6-14/h2-6,9-10,12,16H,7-8,11,13H2,1H3. The third kappa shape index (κ3) is 3.30. The van der Waals surface area contributed by atoms with E-state index in [0.717, 1.165) is 24.2 Å². The Morgan fingerprint density at radius 3 is 2.77 bits per heavy atom. The summed E-state index contributed by atoms with van der Waals surface area (Å²) >= 11 is 0. The smallest absolute Gasteiger partial charge is 0.306 e. The highest BCUT2D eigenvalue weighted by atomic mass is 16.5. The summed E-state index contributed by atoms with van der Waals surface area (Å²) < 4.78 is 10.7. The van der Waals surface area contributed by atoms with E-state index in [1.807, 2.05) is 36.4 Å². The van der Waals surface area contributed by atoms with Crippen molar-refractivity contribution in [2.24, 2.45) is 0 Å². The van der Waals surface area contributed by atoms with E-state index in [0.29, 0.717) is 13.0 Å². The predicted molar refractivity (Wildman–Crippen MR) is 84.9 cm³/mol. The lowest BCUT2D eigenvalue weighted by atomic mass is 9.98. The number of aryl methyl sites for hydroxylation is 1. The van der Waals surface area contributed by atoms with Gasteiger partial charge in [0.2, 0.25) is 0 Å². The van der Waals surface area contributed by atoms with Crippen LogP contribution in [0.15, 0.2) is 48.5 Å². The Kier molecular flexibility index (Phi) is 4.42. The van der Waals surface area contributed by atoms with Crippen LogP contribution in [0.1, 0.15) is 35.4 Å². The maximum atomic E-state index is 11.5. The molecule has 3 heteroatoms. The zero-order valence-electron chi connectivity index (χ0n) is 12.7. The number of hydrogen-bond acceptors (Lipinski definition) is 3. The minimum atomic E-state index is -0.145. The Hall–Kier alpha value is -2.29. The molecule has 0 N–H and O–H groups in total. The molecular weight excluding hydrogens is 276 g/mol. The highest BCUT2D eigenvalue weighted by Crippen LogP contribution is 2.37. The summed E-state index contributed by atoms with van der Waals surface area (Å²) in [6.07, 6.45) is 2.48. The van der Waals surface area contributed by atoms with Gasteiger partial charge in [0.15, 0.2) is 0 Å². The summed E-state index contributed by atoms with van der Waals surface area (Å²) in [4.78, 5) is 11.5. The van der Waals surface area contributed by atoms with Crippen LogP contribution in [0.25, 0.3) is 0 Å². The van der Waals surface area contributed by atoms with Crippen molar-refractivity contribution in [3.63, 3.8) is 0 Å². The Morgan fingerprint density at radius 2 is 2.00 bits per heavy atom. The average Bonchev–Trinajstić information content (AvgIpc) is 2.96. The van der Waals surface area contributed by atoms with Crippen LogP contribution in [0, 0.1) is 0 Å². The van der Waals surface area contributed by atoms with Crippen LogP contribution < -0.4 is 4.74 Å². The van der Waals surface area contributed by atoms with Gasteiger partial charge >= 0.3 is 5.97 Å². The first-order valence-corrected chi connectivity index (χ1v) is 7.62. The molecule has 0 fully saturated rings. The molecule has 0 bridgehead atoms. The first-order valence-electron chi connectivity index (χ1n) is 7.62. The van der Waals surface area contributed by atoms with Gasteiger partial charge in [-0.05, 0) is 47.6 Å². The fourth-order valence-electron chi connectivity index (χ4n) is 2.99. The molecule has 0 saturated heterocycles. The quantitative estimate of drug-likeness (QED) is 0.786. The van der Waals surface area contributed by atoms with Crippen LogP contribution >= 0.6 is 0 Å². The molecule has 0 spiro atoms. The molecule has 0 radical (unpaired) electrons. The third-order valence-corrected chi connectivity index (χ3v) is 4.21. The first kappa shape index (κ1) is 14.6. The van der Waals surface area contributed by atoms with Crippen LogP contribution in [0.5, 0.6) is 5.75 Å². The molecular formula is C19H20O3. The van der Waals surface area contributed by atoms with Crippen molar-refractivity contribution in [2.45, 2.75) is 31.8 Å². The van der Waals surface area contributed by atoms with E-state index in [4.69, 9.17) is 9.47 Å². The normalized spacial score (nSPS) is 16.1.